The zero-order chi connectivity index (χ0) is 17.8. The van der Waals surface area contributed by atoms with Crippen LogP contribution < -0.4 is 0 Å². The molecule has 2 aliphatic heterocycles. The zero-order valence-corrected chi connectivity index (χ0v) is 15.2. The Morgan fingerprint density at radius 1 is 1.15 bits per heavy atom. The summed E-state index contributed by atoms with van der Waals surface area (Å²) in [7, 11) is 0. The van der Waals surface area contributed by atoms with Crippen LogP contribution in [0.2, 0.25) is 0 Å². The van der Waals surface area contributed by atoms with Crippen molar-refractivity contribution in [1.82, 2.24) is 9.88 Å². The summed E-state index contributed by atoms with van der Waals surface area (Å²) in [4.78, 5) is 6.71. The van der Waals surface area contributed by atoms with Crippen LogP contribution in [-0.2, 0) is 17.7 Å². The number of benzene rings is 1. The summed E-state index contributed by atoms with van der Waals surface area (Å²) in [5.41, 5.74) is 2.42. The Morgan fingerprint density at radius 2 is 2.00 bits per heavy atom. The second-order valence-corrected chi connectivity index (χ2v) is 7.86. The van der Waals surface area contributed by atoms with E-state index < -0.39 is 0 Å². The summed E-state index contributed by atoms with van der Waals surface area (Å²) in [6.45, 7) is 3.95. The summed E-state index contributed by atoms with van der Waals surface area (Å²) >= 11 is 0. The van der Waals surface area contributed by atoms with Crippen molar-refractivity contribution < 1.29 is 9.13 Å². The van der Waals surface area contributed by atoms with Gasteiger partial charge in [-0.05, 0) is 67.3 Å². The average Bonchev–Trinajstić information content (AvgIpc) is 2.65. The Morgan fingerprint density at radius 3 is 2.77 bits per heavy atom. The number of nitrogens with zero attached hydrogens (tertiary/aromatic N) is 2. The van der Waals surface area contributed by atoms with E-state index in [0.29, 0.717) is 5.92 Å². The summed E-state index contributed by atoms with van der Waals surface area (Å²) in [6.07, 6.45) is 9.10. The predicted molar refractivity (Wildman–Crippen MR) is 100 cm³/mol. The highest BCUT2D eigenvalue weighted by molar-refractivity contribution is 5.17. The van der Waals surface area contributed by atoms with Gasteiger partial charge in [-0.1, -0.05) is 18.2 Å². The smallest absolute Gasteiger partial charge is 0.123 e. The van der Waals surface area contributed by atoms with E-state index in [2.05, 4.69) is 16.0 Å². The van der Waals surface area contributed by atoms with E-state index in [9.17, 15) is 4.39 Å². The molecule has 0 radical (unpaired) electrons. The molecule has 4 rings (SSSR count). The fraction of sp³-hybridized carbons (Fsp3) is 0.500. The first-order valence-corrected chi connectivity index (χ1v) is 9.70. The van der Waals surface area contributed by atoms with Gasteiger partial charge in [0, 0.05) is 38.6 Å². The van der Waals surface area contributed by atoms with E-state index in [-0.39, 0.29) is 11.4 Å². The van der Waals surface area contributed by atoms with Gasteiger partial charge < -0.3 is 4.74 Å². The molecule has 2 aromatic rings. The Hall–Kier alpha value is -1.78. The van der Waals surface area contributed by atoms with E-state index in [1.54, 1.807) is 6.07 Å². The highest BCUT2D eigenvalue weighted by Gasteiger charge is 2.40. The van der Waals surface area contributed by atoms with Crippen LogP contribution in [0, 0.1) is 11.7 Å². The first kappa shape index (κ1) is 17.6. The van der Waals surface area contributed by atoms with E-state index in [0.717, 1.165) is 63.9 Å². The number of rotatable bonds is 4. The lowest BCUT2D eigenvalue weighted by Gasteiger charge is -2.46. The molecule has 3 heterocycles. The van der Waals surface area contributed by atoms with Gasteiger partial charge in [0.1, 0.15) is 5.82 Å². The molecular weight excluding hydrogens is 327 g/mol. The van der Waals surface area contributed by atoms with Crippen LogP contribution in [0.5, 0.6) is 0 Å². The van der Waals surface area contributed by atoms with Crippen molar-refractivity contribution in [3.05, 3.63) is 65.7 Å². The topological polar surface area (TPSA) is 25.4 Å². The first-order valence-electron chi connectivity index (χ1n) is 9.70. The number of hydrogen-bond acceptors (Lipinski definition) is 3. The molecule has 0 aliphatic carbocycles. The molecule has 2 aliphatic rings. The Balaban J connectivity index is 1.33. The monoisotopic (exact) mass is 354 g/mol. The van der Waals surface area contributed by atoms with Crippen molar-refractivity contribution in [2.45, 2.75) is 44.2 Å². The number of ether oxygens (including phenoxy) is 1. The van der Waals surface area contributed by atoms with E-state index in [1.165, 1.54) is 11.6 Å². The highest BCUT2D eigenvalue weighted by atomic mass is 19.1. The average molecular weight is 354 g/mol. The van der Waals surface area contributed by atoms with Gasteiger partial charge in [0.2, 0.25) is 0 Å². The Kier molecular flexibility index (Phi) is 5.32. The molecule has 3 nitrogen and oxygen atoms in total. The maximum absolute atomic E-state index is 13.5. The quantitative estimate of drug-likeness (QED) is 0.822. The number of piperidine rings is 1. The van der Waals surface area contributed by atoms with Crippen LogP contribution >= 0.6 is 0 Å². The van der Waals surface area contributed by atoms with Gasteiger partial charge in [-0.25, -0.2) is 4.39 Å². The molecule has 1 spiro atoms. The molecule has 1 unspecified atom stereocenters. The second kappa shape index (κ2) is 7.85. The van der Waals surface area contributed by atoms with Gasteiger partial charge >= 0.3 is 0 Å². The SMILES string of the molecule is Fc1cccc(CC2CCOC3(CCN(Cc4cccnc4)CC3)C2)c1. The molecule has 0 saturated carbocycles. The van der Waals surface area contributed by atoms with E-state index >= 15 is 0 Å². The summed E-state index contributed by atoms with van der Waals surface area (Å²) in [5.74, 6) is 0.461. The van der Waals surface area contributed by atoms with Crippen LogP contribution in [0.15, 0.2) is 48.8 Å². The van der Waals surface area contributed by atoms with Gasteiger partial charge in [-0.2, -0.15) is 0 Å². The molecule has 1 aromatic carbocycles. The van der Waals surface area contributed by atoms with Gasteiger partial charge in [0.15, 0.2) is 0 Å². The molecule has 1 atom stereocenters. The second-order valence-electron chi connectivity index (χ2n) is 7.86. The Labute approximate surface area is 155 Å². The summed E-state index contributed by atoms with van der Waals surface area (Å²) in [6, 6.07) is 11.2. The molecule has 0 bridgehead atoms. The lowest BCUT2D eigenvalue weighted by Crippen LogP contribution is -2.49. The number of likely N-dealkylation sites (tertiary alicyclic amines) is 1. The predicted octanol–water partition coefficient (Wildman–Crippen LogP) is 4.22. The maximum Gasteiger partial charge on any atom is 0.123 e. The molecule has 0 N–H and O–H groups in total. The van der Waals surface area contributed by atoms with Crippen LogP contribution in [0.25, 0.3) is 0 Å². The molecule has 0 amide bonds. The molecule has 26 heavy (non-hydrogen) atoms. The largest absolute Gasteiger partial charge is 0.375 e. The maximum atomic E-state index is 13.5. The standard InChI is InChI=1S/C22H27FN2O/c23-21-5-1-3-18(14-21)13-19-6-12-26-22(15-19)7-10-25(11-8-22)17-20-4-2-9-24-16-20/h1-5,9,14,16,19H,6-8,10-13,15,17H2. The van der Waals surface area contributed by atoms with Crippen LogP contribution in [0.4, 0.5) is 4.39 Å². The van der Waals surface area contributed by atoms with Crippen molar-refractivity contribution in [2.75, 3.05) is 19.7 Å². The summed E-state index contributed by atoms with van der Waals surface area (Å²) in [5, 5.41) is 0. The number of hydrogen-bond donors (Lipinski definition) is 0. The lowest BCUT2D eigenvalue weighted by atomic mass is 9.77. The minimum atomic E-state index is -0.131. The third-order valence-electron chi connectivity index (χ3n) is 5.90. The van der Waals surface area contributed by atoms with Gasteiger partial charge in [-0.3, -0.25) is 9.88 Å². The minimum Gasteiger partial charge on any atom is -0.375 e. The van der Waals surface area contributed by atoms with Crippen LogP contribution in [0.1, 0.15) is 36.8 Å². The Bertz CT molecular complexity index is 713. The molecule has 2 fully saturated rings. The molecule has 2 saturated heterocycles. The van der Waals surface area contributed by atoms with Crippen molar-refractivity contribution in [3.8, 4) is 0 Å². The number of aromatic nitrogens is 1. The third kappa shape index (κ3) is 4.30. The third-order valence-corrected chi connectivity index (χ3v) is 5.90. The van der Waals surface area contributed by atoms with Crippen molar-refractivity contribution >= 4 is 0 Å². The van der Waals surface area contributed by atoms with Crippen molar-refractivity contribution in [1.29, 1.82) is 0 Å². The normalized spacial score (nSPS) is 23.2. The van der Waals surface area contributed by atoms with Gasteiger partial charge in [0.25, 0.3) is 0 Å². The molecule has 138 valence electrons. The van der Waals surface area contributed by atoms with Crippen LogP contribution in [0.3, 0.4) is 0 Å². The van der Waals surface area contributed by atoms with Crippen LogP contribution in [-0.4, -0.2) is 35.2 Å². The molecular formula is C22H27FN2O. The number of halogens is 1. The van der Waals surface area contributed by atoms with Crippen molar-refractivity contribution in [3.63, 3.8) is 0 Å². The van der Waals surface area contributed by atoms with Gasteiger partial charge in [0.05, 0.1) is 5.60 Å². The molecule has 4 heteroatoms. The summed E-state index contributed by atoms with van der Waals surface area (Å²) < 4.78 is 19.7. The lowest BCUT2D eigenvalue weighted by molar-refractivity contribution is -0.127. The highest BCUT2D eigenvalue weighted by Crippen LogP contribution is 2.39. The molecule has 1 aromatic heterocycles. The fourth-order valence-corrected chi connectivity index (χ4v) is 4.52. The van der Waals surface area contributed by atoms with E-state index in [1.807, 2.05) is 30.6 Å². The fourth-order valence-electron chi connectivity index (χ4n) is 4.52. The zero-order valence-electron chi connectivity index (χ0n) is 15.2. The number of pyridine rings is 1. The van der Waals surface area contributed by atoms with Gasteiger partial charge in [-0.15, -0.1) is 0 Å². The minimum absolute atomic E-state index is 0.0294. The van der Waals surface area contributed by atoms with Crippen molar-refractivity contribution in [2.24, 2.45) is 5.92 Å². The first-order chi connectivity index (χ1) is 12.7. The van der Waals surface area contributed by atoms with E-state index in [4.69, 9.17) is 4.74 Å².